The highest BCUT2D eigenvalue weighted by atomic mass is 32.2. The van der Waals surface area contributed by atoms with Crippen LogP contribution in [0, 0.1) is 6.92 Å². The standard InChI is InChI=1S/C10H11FO3S/c1-8-4-5-10(15(12,13)14)7-9(8)3-2-6-11/h2,4-7H,3H2,1H3,(H,12,13,14). The molecule has 1 aromatic carbocycles. The maximum atomic E-state index is 11.8. The SMILES string of the molecule is Cc1ccc(S(=O)(=O)O)cc1CC=CF. The lowest BCUT2D eigenvalue weighted by molar-refractivity contribution is 0.483. The van der Waals surface area contributed by atoms with Gasteiger partial charge in [-0.25, -0.2) is 4.39 Å². The van der Waals surface area contributed by atoms with Crippen LogP contribution < -0.4 is 0 Å². The van der Waals surface area contributed by atoms with E-state index in [-0.39, 0.29) is 4.90 Å². The minimum atomic E-state index is -4.18. The van der Waals surface area contributed by atoms with Gasteiger partial charge in [0, 0.05) is 0 Å². The van der Waals surface area contributed by atoms with Gasteiger partial charge in [0.25, 0.3) is 10.1 Å². The predicted molar refractivity (Wildman–Crippen MR) is 54.9 cm³/mol. The highest BCUT2D eigenvalue weighted by Crippen LogP contribution is 2.16. The van der Waals surface area contributed by atoms with Crippen molar-refractivity contribution in [3.63, 3.8) is 0 Å². The van der Waals surface area contributed by atoms with Crippen LogP contribution in [0.2, 0.25) is 0 Å². The molecule has 1 N–H and O–H groups in total. The first-order valence-electron chi connectivity index (χ1n) is 4.27. The van der Waals surface area contributed by atoms with Crippen molar-refractivity contribution in [1.82, 2.24) is 0 Å². The second kappa shape index (κ2) is 4.55. The van der Waals surface area contributed by atoms with E-state index < -0.39 is 10.1 Å². The summed E-state index contributed by atoms with van der Waals surface area (Å²) < 4.78 is 42.3. The summed E-state index contributed by atoms with van der Waals surface area (Å²) in [5, 5.41) is 0. The minimum absolute atomic E-state index is 0.171. The molecule has 0 fully saturated rings. The Morgan fingerprint density at radius 1 is 1.47 bits per heavy atom. The molecule has 0 amide bonds. The van der Waals surface area contributed by atoms with Gasteiger partial charge >= 0.3 is 0 Å². The van der Waals surface area contributed by atoms with Crippen molar-refractivity contribution in [2.24, 2.45) is 0 Å². The van der Waals surface area contributed by atoms with Crippen molar-refractivity contribution >= 4 is 10.1 Å². The number of allylic oxidation sites excluding steroid dienone is 1. The van der Waals surface area contributed by atoms with E-state index in [1.54, 1.807) is 13.0 Å². The van der Waals surface area contributed by atoms with Crippen molar-refractivity contribution < 1.29 is 17.4 Å². The molecular formula is C10H11FO3S. The zero-order valence-corrected chi connectivity index (χ0v) is 8.96. The van der Waals surface area contributed by atoms with Crippen molar-refractivity contribution in [2.75, 3.05) is 0 Å². The first-order chi connectivity index (χ1) is 6.95. The molecule has 0 saturated carbocycles. The number of halogens is 1. The molecule has 0 radical (unpaired) electrons. The van der Waals surface area contributed by atoms with Crippen LogP contribution in [0.1, 0.15) is 11.1 Å². The van der Waals surface area contributed by atoms with E-state index in [0.717, 1.165) is 5.56 Å². The van der Waals surface area contributed by atoms with Crippen LogP contribution >= 0.6 is 0 Å². The highest BCUT2D eigenvalue weighted by molar-refractivity contribution is 7.85. The highest BCUT2D eigenvalue weighted by Gasteiger charge is 2.10. The molecule has 0 spiro atoms. The molecular weight excluding hydrogens is 219 g/mol. The Labute approximate surface area is 88.0 Å². The van der Waals surface area contributed by atoms with E-state index in [2.05, 4.69) is 0 Å². The Hall–Kier alpha value is -1.20. The van der Waals surface area contributed by atoms with Crippen LogP contribution in [0.4, 0.5) is 4.39 Å². The normalized spacial score (nSPS) is 12.2. The molecule has 0 aromatic heterocycles. The van der Waals surface area contributed by atoms with Gasteiger partial charge < -0.3 is 0 Å². The van der Waals surface area contributed by atoms with Crippen molar-refractivity contribution in [2.45, 2.75) is 18.2 Å². The van der Waals surface area contributed by atoms with E-state index in [9.17, 15) is 12.8 Å². The molecule has 0 unspecified atom stereocenters. The second-order valence-corrected chi connectivity index (χ2v) is 4.55. The van der Waals surface area contributed by atoms with Gasteiger partial charge in [0.2, 0.25) is 0 Å². The van der Waals surface area contributed by atoms with Gasteiger partial charge in [-0.2, -0.15) is 8.42 Å². The molecule has 3 nitrogen and oxygen atoms in total. The van der Waals surface area contributed by atoms with Gasteiger partial charge in [0.15, 0.2) is 0 Å². The smallest absolute Gasteiger partial charge is 0.282 e. The van der Waals surface area contributed by atoms with Crippen LogP contribution in [0.25, 0.3) is 0 Å². The van der Waals surface area contributed by atoms with Gasteiger partial charge in [0.1, 0.15) is 0 Å². The van der Waals surface area contributed by atoms with Crippen LogP contribution in [-0.2, 0) is 16.5 Å². The Balaban J connectivity index is 3.17. The lowest BCUT2D eigenvalue weighted by Gasteiger charge is -2.04. The van der Waals surface area contributed by atoms with E-state index in [0.29, 0.717) is 18.3 Å². The lowest BCUT2D eigenvalue weighted by Crippen LogP contribution is -2.00. The van der Waals surface area contributed by atoms with Gasteiger partial charge in [-0.3, -0.25) is 4.55 Å². The number of rotatable bonds is 3. The third-order valence-corrected chi connectivity index (χ3v) is 2.89. The van der Waals surface area contributed by atoms with Crippen LogP contribution in [0.15, 0.2) is 35.5 Å². The monoisotopic (exact) mass is 230 g/mol. The Morgan fingerprint density at radius 3 is 2.67 bits per heavy atom. The Kier molecular flexibility index (Phi) is 3.60. The quantitative estimate of drug-likeness (QED) is 0.810. The van der Waals surface area contributed by atoms with Gasteiger partial charge in [-0.05, 0) is 36.6 Å². The molecule has 0 atom stereocenters. The van der Waals surface area contributed by atoms with Gasteiger partial charge in [-0.15, -0.1) is 0 Å². The zero-order chi connectivity index (χ0) is 11.5. The minimum Gasteiger partial charge on any atom is -0.282 e. The molecule has 15 heavy (non-hydrogen) atoms. The number of hydrogen-bond acceptors (Lipinski definition) is 2. The van der Waals surface area contributed by atoms with E-state index >= 15 is 0 Å². The summed E-state index contributed by atoms with van der Waals surface area (Å²) in [5.74, 6) is 0. The average Bonchev–Trinajstić information content (AvgIpc) is 2.15. The van der Waals surface area contributed by atoms with Gasteiger partial charge in [-0.1, -0.05) is 12.1 Å². The largest absolute Gasteiger partial charge is 0.294 e. The fourth-order valence-corrected chi connectivity index (χ4v) is 1.73. The second-order valence-electron chi connectivity index (χ2n) is 3.13. The number of benzene rings is 1. The average molecular weight is 230 g/mol. The third kappa shape index (κ3) is 3.14. The summed E-state index contributed by atoms with van der Waals surface area (Å²) in [6.07, 6.45) is 1.97. The molecule has 0 heterocycles. The lowest BCUT2D eigenvalue weighted by atomic mass is 10.1. The van der Waals surface area contributed by atoms with Crippen molar-refractivity contribution in [3.05, 3.63) is 41.7 Å². The fraction of sp³-hybridized carbons (Fsp3) is 0.200. The topological polar surface area (TPSA) is 54.4 Å². The molecule has 1 rings (SSSR count). The number of aryl methyl sites for hydroxylation is 1. The summed E-state index contributed by atoms with van der Waals surface area (Å²) in [6.45, 7) is 1.79. The maximum absolute atomic E-state index is 11.8. The molecule has 0 aliphatic heterocycles. The summed E-state index contributed by atoms with van der Waals surface area (Å²) in [7, 11) is -4.18. The molecule has 0 saturated heterocycles. The molecule has 1 aromatic rings. The third-order valence-electron chi connectivity index (χ3n) is 2.05. The zero-order valence-electron chi connectivity index (χ0n) is 8.14. The summed E-state index contributed by atoms with van der Waals surface area (Å²) in [4.78, 5) is -0.171. The molecule has 82 valence electrons. The Morgan fingerprint density at radius 2 is 2.13 bits per heavy atom. The van der Waals surface area contributed by atoms with Gasteiger partial charge in [0.05, 0.1) is 11.2 Å². The Bertz CT molecular complexity index is 477. The van der Waals surface area contributed by atoms with Crippen LogP contribution in [-0.4, -0.2) is 13.0 Å². The van der Waals surface area contributed by atoms with Crippen LogP contribution in [0.3, 0.4) is 0 Å². The molecule has 0 aliphatic carbocycles. The predicted octanol–water partition coefficient (Wildman–Crippen LogP) is 2.27. The first-order valence-corrected chi connectivity index (χ1v) is 5.71. The molecule has 0 bridgehead atoms. The van der Waals surface area contributed by atoms with E-state index in [1.807, 2.05) is 0 Å². The van der Waals surface area contributed by atoms with E-state index in [1.165, 1.54) is 18.2 Å². The number of hydrogen-bond donors (Lipinski definition) is 1. The summed E-state index contributed by atoms with van der Waals surface area (Å²) in [6, 6.07) is 4.22. The summed E-state index contributed by atoms with van der Waals surface area (Å²) >= 11 is 0. The summed E-state index contributed by atoms with van der Waals surface area (Å²) in [5.41, 5.74) is 1.51. The molecule has 5 heteroatoms. The first kappa shape index (κ1) is 11.9. The maximum Gasteiger partial charge on any atom is 0.294 e. The van der Waals surface area contributed by atoms with Crippen LogP contribution in [0.5, 0.6) is 0 Å². The molecule has 0 aliphatic rings. The fourth-order valence-electron chi connectivity index (χ4n) is 1.20. The van der Waals surface area contributed by atoms with E-state index in [4.69, 9.17) is 4.55 Å². The van der Waals surface area contributed by atoms with Crippen molar-refractivity contribution in [3.8, 4) is 0 Å². The van der Waals surface area contributed by atoms with Crippen molar-refractivity contribution in [1.29, 1.82) is 0 Å².